The van der Waals surface area contributed by atoms with Gasteiger partial charge in [-0.15, -0.1) is 0 Å². The summed E-state index contributed by atoms with van der Waals surface area (Å²) in [5, 5.41) is 5.41. The number of esters is 2. The molecule has 7 atom stereocenters. The van der Waals surface area contributed by atoms with Crippen LogP contribution in [0.1, 0.15) is 434 Å². The van der Waals surface area contributed by atoms with E-state index in [1.165, 1.54) is 281 Å². The number of Topliss-reactive ketones (excluding diaryl/α,β-unsaturated/α-hetero) is 1. The van der Waals surface area contributed by atoms with E-state index >= 15 is 0 Å². The molecule has 3 amide bonds. The summed E-state index contributed by atoms with van der Waals surface area (Å²) in [6, 6.07) is 13.6. The number of likely N-dealkylation sites (N-methyl/N-ethyl adjacent to an activating group) is 1. The van der Waals surface area contributed by atoms with E-state index in [-0.39, 0.29) is 80.9 Å². The van der Waals surface area contributed by atoms with Crippen LogP contribution in [0.25, 0.3) is 11.2 Å². The number of nitrogens with zero attached hydrogens (tertiary/aromatic N) is 7. The third-order valence-electron chi connectivity index (χ3n) is 24.8. The van der Waals surface area contributed by atoms with Crippen LogP contribution in [0.15, 0.2) is 72.2 Å². The molecular weight excluding hydrogens is 1700 g/mol. The van der Waals surface area contributed by atoms with Gasteiger partial charge in [0.05, 0.1) is 64.3 Å². The number of hydrogen-bond acceptors (Lipinski definition) is 22. The number of hydrogen-bond donors (Lipinski definition) is 2. The van der Waals surface area contributed by atoms with Gasteiger partial charge in [0.2, 0.25) is 11.7 Å². The molecule has 0 spiro atoms. The Balaban J connectivity index is 0.925. The maximum absolute atomic E-state index is 15.0. The van der Waals surface area contributed by atoms with Crippen molar-refractivity contribution in [3.05, 3.63) is 89.0 Å². The van der Waals surface area contributed by atoms with Crippen molar-refractivity contribution in [2.75, 3.05) is 63.0 Å². The van der Waals surface area contributed by atoms with Crippen LogP contribution < -0.4 is 30.5 Å². The van der Waals surface area contributed by atoms with Crippen LogP contribution in [0.2, 0.25) is 0 Å². The number of nitrogens with one attached hydrogen (secondary N) is 2. The predicted molar refractivity (Wildman–Crippen MR) is 524 cm³/mol. The minimum atomic E-state index is -4.08. The van der Waals surface area contributed by atoms with Crippen molar-refractivity contribution in [1.29, 1.82) is 0 Å². The number of amides is 3. The fourth-order valence-electron chi connectivity index (χ4n) is 16.9. The van der Waals surface area contributed by atoms with Gasteiger partial charge in [0.25, 0.3) is 11.8 Å². The van der Waals surface area contributed by atoms with Gasteiger partial charge in [-0.3, -0.25) is 42.2 Å². The van der Waals surface area contributed by atoms with Gasteiger partial charge < -0.3 is 53.5 Å². The molecular formula is C103H166N9O17PS. The second-order valence-electron chi connectivity index (χ2n) is 36.2. The van der Waals surface area contributed by atoms with Crippen molar-refractivity contribution < 1.29 is 75.5 Å². The van der Waals surface area contributed by atoms with Gasteiger partial charge in [0.15, 0.2) is 28.5 Å². The molecule has 2 saturated heterocycles. The van der Waals surface area contributed by atoms with Gasteiger partial charge in [0, 0.05) is 55.8 Å². The predicted octanol–water partition coefficient (Wildman–Crippen LogP) is 26.2. The maximum atomic E-state index is 15.0. The van der Waals surface area contributed by atoms with Gasteiger partial charge in [-0.05, 0) is 80.7 Å². The van der Waals surface area contributed by atoms with E-state index in [1.807, 2.05) is 19.9 Å². The Labute approximate surface area is 788 Å². The van der Waals surface area contributed by atoms with Crippen LogP contribution in [0.5, 0.6) is 17.2 Å². The summed E-state index contributed by atoms with van der Waals surface area (Å²) in [6.07, 6.45) is 60.5. The van der Waals surface area contributed by atoms with E-state index in [2.05, 4.69) is 51.3 Å². The lowest BCUT2D eigenvalue weighted by atomic mass is 10.0. The highest BCUT2D eigenvalue weighted by Crippen LogP contribution is 2.63. The molecule has 28 heteroatoms. The molecule has 5 heterocycles. The summed E-state index contributed by atoms with van der Waals surface area (Å²) in [7, 11) is 1.66. The first kappa shape index (κ1) is 111. The number of benzene rings is 2. The van der Waals surface area contributed by atoms with Crippen molar-refractivity contribution >= 4 is 76.4 Å². The lowest BCUT2D eigenvalue weighted by Crippen LogP contribution is -2.31. The molecule has 736 valence electrons. The molecule has 2 fully saturated rings. The lowest BCUT2D eigenvalue weighted by molar-refractivity contribution is -0.153. The average molecular weight is 1870 g/mol. The summed E-state index contributed by atoms with van der Waals surface area (Å²) in [6.45, 7) is 8.89. The summed E-state index contributed by atoms with van der Waals surface area (Å²) in [5.74, 6) is -0.887. The normalized spacial score (nSPS) is 16.5. The fraction of sp³-hybridized carbons (Fsp3) is 0.738. The molecule has 2 aromatic carbocycles. The zero-order valence-electron chi connectivity index (χ0n) is 81.3. The monoisotopic (exact) mass is 1860 g/mol. The number of rotatable bonds is 79. The minimum absolute atomic E-state index is 0.0523. The first-order valence-corrected chi connectivity index (χ1v) is 54.6. The first-order valence-electron chi connectivity index (χ1n) is 51.4. The van der Waals surface area contributed by atoms with Crippen LogP contribution in [0, 0.1) is 0 Å². The van der Waals surface area contributed by atoms with E-state index < -0.39 is 73.8 Å². The van der Waals surface area contributed by atoms with Gasteiger partial charge in [0.1, 0.15) is 49.2 Å². The number of imidazole rings is 1. The van der Waals surface area contributed by atoms with Crippen LogP contribution >= 0.6 is 18.2 Å². The number of unbranched alkanes of at least 4 members (excludes halogenated alkanes) is 45. The summed E-state index contributed by atoms with van der Waals surface area (Å²) in [5.41, 5.74) is 0.695. The molecule has 2 aliphatic heterocycles. The number of ether oxygens (including phenoxy) is 7. The quantitative estimate of drug-likeness (QED) is 0.0207. The summed E-state index contributed by atoms with van der Waals surface area (Å²) >= 11 is 1.00. The van der Waals surface area contributed by atoms with Crippen LogP contribution in [-0.2, 0) is 51.7 Å². The number of fused-ring (bicyclic) bond motifs is 1. The molecule has 0 aliphatic carbocycles. The number of carbonyl (C=O) groups excluding carboxylic acids is 6. The SMILES string of the molecule is CCCCCCCCCCCCCCCCCCOc1cc(C(=O)N(C)CCOC(=O)CCC(=O)Nc2ccn([C@H]3C[C@@H](OC(=O)CCC(C)=O)[C@@H](COP(=O)(O[C@@H]4C[C@H](n5cnc6c(NC(=O)c7ccccc7)ncnc65)O[C@@H]4CC)SCCC)O3)c(=O)n2)cc(OCCCCCCCCCCCCCCCCCC)c1OCCCCCCCCCCCCCCCCCC. The Kier molecular flexibility index (Phi) is 57.3. The smallest absolute Gasteiger partial charge is 0.389 e. The van der Waals surface area contributed by atoms with E-state index in [0.29, 0.717) is 78.0 Å². The molecule has 5 aromatic rings. The molecule has 0 radical (unpaired) electrons. The Hall–Kier alpha value is -7.29. The van der Waals surface area contributed by atoms with Crippen LogP contribution in [0.4, 0.5) is 11.6 Å². The van der Waals surface area contributed by atoms with Crippen LogP contribution in [-0.4, -0.2) is 146 Å². The molecule has 2 aliphatic rings. The van der Waals surface area contributed by atoms with E-state index in [1.54, 1.807) is 54.3 Å². The Morgan fingerprint density at radius 2 is 0.969 bits per heavy atom. The van der Waals surface area contributed by atoms with Crippen molar-refractivity contribution in [2.24, 2.45) is 0 Å². The first-order chi connectivity index (χ1) is 64.0. The zero-order valence-corrected chi connectivity index (χ0v) is 83.0. The Morgan fingerprint density at radius 1 is 0.504 bits per heavy atom. The van der Waals surface area contributed by atoms with Gasteiger partial charge in [-0.1, -0.05) is 342 Å². The second kappa shape index (κ2) is 67.8. The standard InChI is InChI=1S/C103H166N9O17PS/c1-8-13-16-19-22-25-28-31-34-37-40-43-46-49-52-58-70-121-88-75-84(76-89(122-71-59-53-50-47-44-41-38-35-32-29-26-23-20-17-14-9-2)98(88)124-72-60-54-51-48-45-42-39-36-33-30-27-24-21-18-15-10-3)102(118)110(7)69-73-123-95(115)66-64-92(114)107-91-67-68-111(103(119)108-91)93-77-86(128-96(116)65-63-82(6)113)90(127-93)79-125-130(120,131-74-11-4)129-87-78-94(126-85(87)12-5)112-81-106-97-99(104-80-105-100(97)112)109-101(117)83-61-56-55-57-62-83/h55-57,61-62,67-68,75-76,80-81,85-87,90,93-94H,8-54,58-60,63-66,69-74,77-79H2,1-7H3,(H,104,105,109,117)(H,107,108,114,119)/t85-,86-,87-,90-,93-,94-,130?/m1/s1. The van der Waals surface area contributed by atoms with Crippen molar-refractivity contribution in [1.82, 2.24) is 34.0 Å². The summed E-state index contributed by atoms with van der Waals surface area (Å²) in [4.78, 5) is 112. The van der Waals surface area contributed by atoms with Crippen molar-refractivity contribution in [3.63, 3.8) is 0 Å². The molecule has 1 unspecified atom stereocenters. The Morgan fingerprint density at radius 3 is 1.45 bits per heavy atom. The number of anilines is 2. The molecule has 3 aromatic heterocycles. The summed E-state index contributed by atoms with van der Waals surface area (Å²) < 4.78 is 75.0. The largest absolute Gasteiger partial charge is 0.490 e. The molecule has 26 nitrogen and oxygen atoms in total. The number of aromatic nitrogens is 6. The van der Waals surface area contributed by atoms with Crippen molar-refractivity contribution in [3.8, 4) is 17.2 Å². The van der Waals surface area contributed by atoms with Crippen molar-refractivity contribution in [2.45, 2.75) is 438 Å². The number of ketones is 1. The second-order valence-corrected chi connectivity index (χ2v) is 40.4. The fourth-order valence-corrected chi connectivity index (χ4v) is 20.5. The maximum Gasteiger partial charge on any atom is 0.389 e. The molecule has 2 N–H and O–H groups in total. The van der Waals surface area contributed by atoms with E-state index in [4.69, 9.17) is 42.2 Å². The van der Waals surface area contributed by atoms with Gasteiger partial charge in [-0.2, -0.15) is 4.98 Å². The molecule has 0 bridgehead atoms. The topological polar surface area (TPSA) is 308 Å². The molecule has 131 heavy (non-hydrogen) atoms. The van der Waals surface area contributed by atoms with Gasteiger partial charge in [-0.25, -0.2) is 24.3 Å². The number of carbonyl (C=O) groups is 6. The third kappa shape index (κ3) is 44.8. The highest BCUT2D eigenvalue weighted by atomic mass is 32.7. The van der Waals surface area contributed by atoms with E-state index in [9.17, 15) is 38.1 Å². The lowest BCUT2D eigenvalue weighted by Gasteiger charge is -2.26. The Bertz CT molecular complexity index is 4040. The zero-order chi connectivity index (χ0) is 93.6. The molecule has 0 saturated carbocycles. The van der Waals surface area contributed by atoms with Crippen LogP contribution in [0.3, 0.4) is 0 Å². The highest BCUT2D eigenvalue weighted by Gasteiger charge is 2.45. The minimum Gasteiger partial charge on any atom is -0.490 e. The average Bonchev–Trinajstić information content (AvgIpc) is 1.67. The van der Waals surface area contributed by atoms with Gasteiger partial charge >= 0.3 is 24.4 Å². The molecule has 7 rings (SSSR count). The van der Waals surface area contributed by atoms with E-state index in [0.717, 1.165) is 73.7 Å². The highest BCUT2D eigenvalue weighted by molar-refractivity contribution is 8.55. The third-order valence-corrected chi connectivity index (χ3v) is 28.8.